The number of halogens is 2. The van der Waals surface area contributed by atoms with Gasteiger partial charge in [-0.2, -0.15) is 0 Å². The summed E-state index contributed by atoms with van der Waals surface area (Å²) in [6.45, 7) is 0. The number of nitrogens with one attached hydrogen (secondary N) is 1. The summed E-state index contributed by atoms with van der Waals surface area (Å²) in [5.41, 5.74) is 2.53. The smallest absolute Gasteiger partial charge is 0.234 e. The van der Waals surface area contributed by atoms with Gasteiger partial charge in [0, 0.05) is 27.4 Å². The Morgan fingerprint density at radius 1 is 1.16 bits per heavy atom. The number of anilines is 1. The molecule has 0 atom stereocenters. The van der Waals surface area contributed by atoms with Crippen LogP contribution in [0.2, 0.25) is 5.02 Å². The number of hydrogen-bond donors (Lipinski definition) is 1. The zero-order valence-electron chi connectivity index (χ0n) is 13.0. The van der Waals surface area contributed by atoms with Gasteiger partial charge in [0.1, 0.15) is 10.8 Å². The molecule has 25 heavy (non-hydrogen) atoms. The maximum absolute atomic E-state index is 13.0. The normalized spacial score (nSPS) is 10.6. The van der Waals surface area contributed by atoms with Crippen molar-refractivity contribution >= 4 is 46.3 Å². The number of nitrogens with zero attached hydrogens (tertiary/aromatic N) is 1. The van der Waals surface area contributed by atoms with E-state index in [-0.39, 0.29) is 11.7 Å². The molecule has 0 aliphatic heterocycles. The maximum atomic E-state index is 13.0. The standard InChI is InChI=1S/C18H14ClFN2OS2/c19-13-3-7-15(8-4-13)21-17(23)11-24-9-16-10-25-18(22-16)12-1-5-14(20)6-2-12/h1-8,10H,9,11H2,(H,21,23). The molecule has 0 unspecified atom stereocenters. The summed E-state index contributed by atoms with van der Waals surface area (Å²) >= 11 is 8.82. The van der Waals surface area contributed by atoms with Crippen LogP contribution in [0.1, 0.15) is 5.69 Å². The van der Waals surface area contributed by atoms with Gasteiger partial charge in [-0.25, -0.2) is 9.37 Å². The highest BCUT2D eigenvalue weighted by atomic mass is 35.5. The molecule has 1 heterocycles. The van der Waals surface area contributed by atoms with Crippen molar-refractivity contribution in [1.82, 2.24) is 4.98 Å². The van der Waals surface area contributed by atoms with Crippen molar-refractivity contribution in [2.24, 2.45) is 0 Å². The molecule has 0 saturated carbocycles. The molecule has 3 nitrogen and oxygen atoms in total. The van der Waals surface area contributed by atoms with Gasteiger partial charge in [-0.15, -0.1) is 23.1 Å². The monoisotopic (exact) mass is 392 g/mol. The van der Waals surface area contributed by atoms with Crippen molar-refractivity contribution in [1.29, 1.82) is 0 Å². The van der Waals surface area contributed by atoms with E-state index >= 15 is 0 Å². The van der Waals surface area contributed by atoms with Crippen LogP contribution < -0.4 is 5.32 Å². The van der Waals surface area contributed by atoms with Crippen LogP contribution in [0.5, 0.6) is 0 Å². The Bertz CT molecular complexity index is 850. The summed E-state index contributed by atoms with van der Waals surface area (Å²) in [4.78, 5) is 16.5. The number of aromatic nitrogens is 1. The SMILES string of the molecule is O=C(CSCc1csc(-c2ccc(F)cc2)n1)Nc1ccc(Cl)cc1. The van der Waals surface area contributed by atoms with Gasteiger partial charge in [-0.1, -0.05) is 11.6 Å². The van der Waals surface area contributed by atoms with Crippen molar-refractivity contribution in [2.45, 2.75) is 5.75 Å². The third kappa shape index (κ3) is 5.29. The highest BCUT2D eigenvalue weighted by molar-refractivity contribution is 7.99. The fourth-order valence-electron chi connectivity index (χ4n) is 2.08. The minimum atomic E-state index is -0.261. The molecule has 0 saturated heterocycles. The van der Waals surface area contributed by atoms with Crippen molar-refractivity contribution < 1.29 is 9.18 Å². The lowest BCUT2D eigenvalue weighted by Gasteiger charge is -2.04. The van der Waals surface area contributed by atoms with Crippen LogP contribution in [0, 0.1) is 5.82 Å². The summed E-state index contributed by atoms with van der Waals surface area (Å²) in [6.07, 6.45) is 0. The van der Waals surface area contributed by atoms with Gasteiger partial charge in [-0.3, -0.25) is 4.79 Å². The van der Waals surface area contributed by atoms with Crippen LogP contribution in [0.15, 0.2) is 53.9 Å². The highest BCUT2D eigenvalue weighted by Gasteiger charge is 2.07. The molecule has 0 fully saturated rings. The molecular weight excluding hydrogens is 379 g/mol. The molecule has 1 amide bonds. The molecule has 0 aliphatic carbocycles. The molecule has 3 aromatic rings. The molecule has 128 valence electrons. The Morgan fingerprint density at radius 3 is 2.60 bits per heavy atom. The van der Waals surface area contributed by atoms with E-state index in [1.165, 1.54) is 35.2 Å². The van der Waals surface area contributed by atoms with Crippen molar-refractivity contribution in [2.75, 3.05) is 11.1 Å². The van der Waals surface area contributed by atoms with Crippen molar-refractivity contribution in [3.8, 4) is 10.6 Å². The van der Waals surface area contributed by atoms with Crippen LogP contribution in [0.4, 0.5) is 10.1 Å². The molecule has 0 radical (unpaired) electrons. The highest BCUT2D eigenvalue weighted by Crippen LogP contribution is 2.25. The Hall–Kier alpha value is -1.89. The van der Waals surface area contributed by atoms with Crippen LogP contribution in [0.25, 0.3) is 10.6 Å². The first-order chi connectivity index (χ1) is 12.1. The Morgan fingerprint density at radius 2 is 1.88 bits per heavy atom. The van der Waals surface area contributed by atoms with E-state index in [1.807, 2.05) is 5.38 Å². The van der Waals surface area contributed by atoms with Gasteiger partial charge in [0.2, 0.25) is 5.91 Å². The largest absolute Gasteiger partial charge is 0.325 e. The molecule has 0 bridgehead atoms. The lowest BCUT2D eigenvalue weighted by atomic mass is 10.2. The van der Waals surface area contributed by atoms with E-state index in [0.29, 0.717) is 16.5 Å². The molecule has 3 rings (SSSR count). The third-order valence-electron chi connectivity index (χ3n) is 3.25. The topological polar surface area (TPSA) is 42.0 Å². The van der Waals surface area contributed by atoms with Gasteiger partial charge < -0.3 is 5.32 Å². The lowest BCUT2D eigenvalue weighted by molar-refractivity contribution is -0.113. The fraction of sp³-hybridized carbons (Fsp3) is 0.111. The Labute approximate surface area is 158 Å². The van der Waals surface area contributed by atoms with Gasteiger partial charge in [0.15, 0.2) is 0 Å². The minimum absolute atomic E-state index is 0.0682. The predicted molar refractivity (Wildman–Crippen MR) is 104 cm³/mol. The number of amides is 1. The second-order valence-electron chi connectivity index (χ2n) is 5.20. The number of carbonyl (C=O) groups is 1. The zero-order valence-corrected chi connectivity index (χ0v) is 15.4. The first-order valence-electron chi connectivity index (χ1n) is 7.43. The fourth-order valence-corrected chi connectivity index (χ4v) is 3.85. The number of rotatable bonds is 6. The summed E-state index contributed by atoms with van der Waals surface area (Å²) < 4.78 is 13.0. The molecule has 0 aliphatic rings. The summed E-state index contributed by atoms with van der Waals surface area (Å²) in [5.74, 6) is 0.654. The number of hydrogen-bond acceptors (Lipinski definition) is 4. The first kappa shape index (κ1) is 17.9. The van der Waals surface area contributed by atoms with Gasteiger partial charge in [0.25, 0.3) is 0 Å². The zero-order chi connectivity index (χ0) is 17.6. The molecule has 1 N–H and O–H groups in total. The second kappa shape index (κ2) is 8.47. The van der Waals surface area contributed by atoms with Crippen LogP contribution in [-0.4, -0.2) is 16.6 Å². The van der Waals surface area contributed by atoms with Gasteiger partial charge >= 0.3 is 0 Å². The van der Waals surface area contributed by atoms with E-state index in [2.05, 4.69) is 10.3 Å². The Kier molecular flexibility index (Phi) is 6.07. The number of benzene rings is 2. The van der Waals surface area contributed by atoms with Crippen molar-refractivity contribution in [3.63, 3.8) is 0 Å². The minimum Gasteiger partial charge on any atom is -0.325 e. The van der Waals surface area contributed by atoms with Crippen molar-refractivity contribution in [3.05, 3.63) is 70.4 Å². The predicted octanol–water partition coefficient (Wildman–Crippen LogP) is 5.47. The Balaban J connectivity index is 1.48. The summed E-state index contributed by atoms with van der Waals surface area (Å²) in [5, 5.41) is 6.26. The number of thiazole rings is 1. The molecule has 1 aromatic heterocycles. The van der Waals surface area contributed by atoms with Crippen LogP contribution in [0.3, 0.4) is 0 Å². The maximum Gasteiger partial charge on any atom is 0.234 e. The average Bonchev–Trinajstić information content (AvgIpc) is 3.06. The van der Waals surface area contributed by atoms with Crippen LogP contribution >= 0.6 is 34.7 Å². The average molecular weight is 393 g/mol. The van der Waals surface area contributed by atoms with Gasteiger partial charge in [-0.05, 0) is 48.5 Å². The van der Waals surface area contributed by atoms with E-state index in [9.17, 15) is 9.18 Å². The molecule has 2 aromatic carbocycles. The van der Waals surface area contributed by atoms with E-state index in [4.69, 9.17) is 11.6 Å². The molecular formula is C18H14ClFN2OS2. The van der Waals surface area contributed by atoms with Gasteiger partial charge in [0.05, 0.1) is 11.4 Å². The summed E-state index contributed by atoms with van der Waals surface area (Å²) in [7, 11) is 0. The summed E-state index contributed by atoms with van der Waals surface area (Å²) in [6, 6.07) is 13.3. The van der Waals surface area contributed by atoms with E-state index < -0.39 is 0 Å². The molecule has 0 spiro atoms. The quantitative estimate of drug-likeness (QED) is 0.604. The third-order valence-corrected chi connectivity index (χ3v) is 5.41. The second-order valence-corrected chi connectivity index (χ2v) is 7.48. The number of carbonyl (C=O) groups excluding carboxylic acids is 1. The molecule has 7 heteroatoms. The lowest BCUT2D eigenvalue weighted by Crippen LogP contribution is -2.14. The number of thioether (sulfide) groups is 1. The van der Waals surface area contributed by atoms with Crippen LogP contribution in [-0.2, 0) is 10.5 Å². The van der Waals surface area contributed by atoms with E-state index in [1.54, 1.807) is 36.4 Å². The first-order valence-corrected chi connectivity index (χ1v) is 9.85. The van der Waals surface area contributed by atoms with E-state index in [0.717, 1.165) is 22.0 Å².